The van der Waals surface area contributed by atoms with E-state index in [9.17, 15) is 4.79 Å². The van der Waals surface area contributed by atoms with Gasteiger partial charge in [-0.2, -0.15) is 0 Å². The van der Waals surface area contributed by atoms with Gasteiger partial charge in [0.15, 0.2) is 11.5 Å². The molecule has 1 aliphatic heterocycles. The van der Waals surface area contributed by atoms with Gasteiger partial charge < -0.3 is 14.8 Å². The van der Waals surface area contributed by atoms with E-state index in [2.05, 4.69) is 21.2 Å². The average Bonchev–Trinajstić information content (AvgIpc) is 2.34. The molecule has 1 amide bonds. The van der Waals surface area contributed by atoms with Crippen LogP contribution in [0.5, 0.6) is 11.5 Å². The van der Waals surface area contributed by atoms with E-state index < -0.39 is 4.32 Å². The minimum absolute atomic E-state index is 0.0441. The SMILES string of the molecule is CC(C)(Br)C(=O)NCc1ccc2c(c1)OCCO2. The normalized spacial score (nSPS) is 14.2. The molecule has 5 heteroatoms. The highest BCUT2D eigenvalue weighted by atomic mass is 79.9. The Morgan fingerprint density at radius 2 is 2.00 bits per heavy atom. The first-order chi connectivity index (χ1) is 8.47. The highest BCUT2D eigenvalue weighted by Gasteiger charge is 2.23. The molecule has 18 heavy (non-hydrogen) atoms. The van der Waals surface area contributed by atoms with Gasteiger partial charge in [0.1, 0.15) is 13.2 Å². The maximum atomic E-state index is 11.7. The van der Waals surface area contributed by atoms with Gasteiger partial charge in [-0.15, -0.1) is 0 Å². The minimum atomic E-state index is -0.555. The summed E-state index contributed by atoms with van der Waals surface area (Å²) in [7, 11) is 0. The molecular formula is C13H16BrNO3. The molecular weight excluding hydrogens is 298 g/mol. The molecule has 1 heterocycles. The molecule has 0 radical (unpaired) electrons. The van der Waals surface area contributed by atoms with Gasteiger partial charge >= 0.3 is 0 Å². The Bertz CT molecular complexity index is 454. The molecule has 1 aromatic carbocycles. The molecule has 0 aromatic heterocycles. The van der Waals surface area contributed by atoms with E-state index in [-0.39, 0.29) is 5.91 Å². The molecule has 1 N–H and O–H groups in total. The standard InChI is InChI=1S/C13H16BrNO3/c1-13(2,14)12(16)15-8-9-3-4-10-11(7-9)18-6-5-17-10/h3-4,7H,5-6,8H2,1-2H3,(H,15,16). The molecule has 0 fully saturated rings. The lowest BCUT2D eigenvalue weighted by molar-refractivity contribution is -0.122. The number of carbonyl (C=O) groups is 1. The van der Waals surface area contributed by atoms with Crippen LogP contribution in [0.1, 0.15) is 19.4 Å². The first kappa shape index (κ1) is 13.2. The molecule has 0 unspecified atom stereocenters. The first-order valence-electron chi connectivity index (χ1n) is 5.82. The van der Waals surface area contributed by atoms with Gasteiger partial charge in [0, 0.05) is 6.54 Å². The molecule has 0 saturated heterocycles. The summed E-state index contributed by atoms with van der Waals surface area (Å²) in [6.07, 6.45) is 0. The van der Waals surface area contributed by atoms with E-state index in [1.165, 1.54) is 0 Å². The monoisotopic (exact) mass is 313 g/mol. The fraction of sp³-hybridized carbons (Fsp3) is 0.462. The zero-order chi connectivity index (χ0) is 13.2. The molecule has 0 aliphatic carbocycles. The van der Waals surface area contributed by atoms with Crippen LogP contribution in [0, 0.1) is 0 Å². The molecule has 1 aromatic rings. The third kappa shape index (κ3) is 3.16. The van der Waals surface area contributed by atoms with Crippen LogP contribution in [0.2, 0.25) is 0 Å². The second kappa shape index (κ2) is 5.18. The van der Waals surface area contributed by atoms with E-state index in [1.807, 2.05) is 32.0 Å². The van der Waals surface area contributed by atoms with Crippen LogP contribution in [-0.4, -0.2) is 23.4 Å². The summed E-state index contributed by atoms with van der Waals surface area (Å²) < 4.78 is 10.4. The average molecular weight is 314 g/mol. The second-order valence-corrected chi connectivity index (χ2v) is 6.62. The topological polar surface area (TPSA) is 47.6 Å². The zero-order valence-corrected chi connectivity index (χ0v) is 12.0. The summed E-state index contributed by atoms with van der Waals surface area (Å²) >= 11 is 3.32. The summed E-state index contributed by atoms with van der Waals surface area (Å²) in [6, 6.07) is 5.69. The summed E-state index contributed by atoms with van der Waals surface area (Å²) in [5.74, 6) is 1.46. The Labute approximate surface area is 115 Å². The van der Waals surface area contributed by atoms with Crippen LogP contribution in [0.15, 0.2) is 18.2 Å². The molecule has 0 spiro atoms. The van der Waals surface area contributed by atoms with Gasteiger partial charge in [-0.3, -0.25) is 4.79 Å². The number of hydrogen-bond acceptors (Lipinski definition) is 3. The largest absolute Gasteiger partial charge is 0.486 e. The summed E-state index contributed by atoms with van der Waals surface area (Å²) in [4.78, 5) is 11.7. The Hall–Kier alpha value is -1.23. The van der Waals surface area contributed by atoms with Crippen LogP contribution in [-0.2, 0) is 11.3 Å². The quantitative estimate of drug-likeness (QED) is 0.871. The molecule has 2 rings (SSSR count). The summed E-state index contributed by atoms with van der Waals surface area (Å²) in [6.45, 7) is 5.25. The van der Waals surface area contributed by atoms with Crippen LogP contribution in [0.25, 0.3) is 0 Å². The van der Waals surface area contributed by atoms with E-state index in [0.29, 0.717) is 19.8 Å². The van der Waals surface area contributed by atoms with Gasteiger partial charge in [-0.05, 0) is 31.5 Å². The van der Waals surface area contributed by atoms with Crippen molar-refractivity contribution in [3.8, 4) is 11.5 Å². The fourth-order valence-electron chi connectivity index (χ4n) is 1.59. The van der Waals surface area contributed by atoms with Crippen molar-refractivity contribution in [3.05, 3.63) is 23.8 Å². The van der Waals surface area contributed by atoms with Crippen molar-refractivity contribution >= 4 is 21.8 Å². The van der Waals surface area contributed by atoms with Crippen molar-refractivity contribution in [1.29, 1.82) is 0 Å². The first-order valence-corrected chi connectivity index (χ1v) is 6.62. The number of fused-ring (bicyclic) bond motifs is 1. The maximum absolute atomic E-state index is 11.7. The van der Waals surface area contributed by atoms with Gasteiger partial charge in [0.25, 0.3) is 0 Å². The Morgan fingerprint density at radius 1 is 1.33 bits per heavy atom. The Balaban J connectivity index is 2.00. The van der Waals surface area contributed by atoms with Crippen molar-refractivity contribution in [2.24, 2.45) is 0 Å². The van der Waals surface area contributed by atoms with Crippen molar-refractivity contribution in [2.75, 3.05) is 13.2 Å². The number of nitrogens with one attached hydrogen (secondary N) is 1. The van der Waals surface area contributed by atoms with Gasteiger partial charge in [0.05, 0.1) is 4.32 Å². The number of alkyl halides is 1. The second-order valence-electron chi connectivity index (χ2n) is 4.63. The van der Waals surface area contributed by atoms with Crippen molar-refractivity contribution in [1.82, 2.24) is 5.32 Å². The highest BCUT2D eigenvalue weighted by Crippen LogP contribution is 2.30. The highest BCUT2D eigenvalue weighted by molar-refractivity contribution is 9.10. The van der Waals surface area contributed by atoms with Crippen LogP contribution in [0.4, 0.5) is 0 Å². The number of benzene rings is 1. The van der Waals surface area contributed by atoms with Gasteiger partial charge in [-0.25, -0.2) is 0 Å². The van der Waals surface area contributed by atoms with Crippen LogP contribution < -0.4 is 14.8 Å². The predicted molar refractivity (Wildman–Crippen MR) is 72.3 cm³/mol. The third-order valence-electron chi connectivity index (χ3n) is 2.60. The van der Waals surface area contributed by atoms with Gasteiger partial charge in [-0.1, -0.05) is 22.0 Å². The lowest BCUT2D eigenvalue weighted by atomic mass is 10.1. The number of hydrogen-bond donors (Lipinski definition) is 1. The molecule has 1 aliphatic rings. The summed E-state index contributed by atoms with van der Waals surface area (Å²) in [5.41, 5.74) is 0.990. The smallest absolute Gasteiger partial charge is 0.236 e. The Kier molecular flexibility index (Phi) is 3.80. The minimum Gasteiger partial charge on any atom is -0.486 e. The number of amides is 1. The molecule has 98 valence electrons. The van der Waals surface area contributed by atoms with Crippen LogP contribution in [0.3, 0.4) is 0 Å². The van der Waals surface area contributed by atoms with Crippen LogP contribution >= 0.6 is 15.9 Å². The maximum Gasteiger partial charge on any atom is 0.236 e. The van der Waals surface area contributed by atoms with E-state index in [4.69, 9.17) is 9.47 Å². The third-order valence-corrected chi connectivity index (χ3v) is 2.96. The molecule has 0 atom stereocenters. The lowest BCUT2D eigenvalue weighted by Gasteiger charge is -2.19. The Morgan fingerprint density at radius 3 is 2.67 bits per heavy atom. The summed E-state index contributed by atoms with van der Waals surface area (Å²) in [5, 5.41) is 2.86. The van der Waals surface area contributed by atoms with Gasteiger partial charge in [0.2, 0.25) is 5.91 Å². The fourth-order valence-corrected chi connectivity index (χ4v) is 1.73. The number of ether oxygens (including phenoxy) is 2. The zero-order valence-electron chi connectivity index (χ0n) is 10.5. The van der Waals surface area contributed by atoms with E-state index >= 15 is 0 Å². The number of halogens is 1. The predicted octanol–water partition coefficient (Wildman–Crippen LogP) is 2.25. The van der Waals surface area contributed by atoms with E-state index in [0.717, 1.165) is 17.1 Å². The van der Waals surface area contributed by atoms with Crippen molar-refractivity contribution in [3.63, 3.8) is 0 Å². The molecule has 0 bridgehead atoms. The lowest BCUT2D eigenvalue weighted by Crippen LogP contribution is -2.37. The number of rotatable bonds is 3. The molecule has 4 nitrogen and oxygen atoms in total. The van der Waals surface area contributed by atoms with E-state index in [1.54, 1.807) is 0 Å². The van der Waals surface area contributed by atoms with Crippen molar-refractivity contribution in [2.45, 2.75) is 24.7 Å². The van der Waals surface area contributed by atoms with Crippen molar-refractivity contribution < 1.29 is 14.3 Å². The molecule has 0 saturated carbocycles. The number of carbonyl (C=O) groups excluding carboxylic acids is 1.